The number of aromatic nitrogens is 2. The minimum absolute atomic E-state index is 0.0538. The number of nitrogens with zero attached hydrogens (tertiary/aromatic N) is 3. The van der Waals surface area contributed by atoms with Gasteiger partial charge in [-0.05, 0) is 20.8 Å². The van der Waals surface area contributed by atoms with E-state index in [1.54, 1.807) is 6.92 Å². The Morgan fingerprint density at radius 2 is 2.31 bits per heavy atom. The number of hydrogen-bond donors (Lipinski definition) is 0. The Labute approximate surface area is 92.2 Å². The van der Waals surface area contributed by atoms with E-state index in [1.807, 2.05) is 13.8 Å². The molecule has 7 nitrogen and oxygen atoms in total. The molecule has 0 aliphatic carbocycles. The summed E-state index contributed by atoms with van der Waals surface area (Å²) in [7, 11) is 0. The van der Waals surface area contributed by atoms with E-state index < -0.39 is 10.9 Å². The van der Waals surface area contributed by atoms with Crippen LogP contribution < -0.4 is 0 Å². The van der Waals surface area contributed by atoms with Gasteiger partial charge in [-0.25, -0.2) is 4.79 Å². The first-order chi connectivity index (χ1) is 7.47. The molecular formula is C9H13N3O4. The molecule has 0 unspecified atom stereocenters. The minimum Gasteiger partial charge on any atom is -0.461 e. The minimum atomic E-state index is -0.770. The summed E-state index contributed by atoms with van der Waals surface area (Å²) in [5.74, 6) is -0.770. The summed E-state index contributed by atoms with van der Waals surface area (Å²) in [6, 6.07) is -0.0538. The van der Waals surface area contributed by atoms with Crippen LogP contribution in [0.4, 0.5) is 5.69 Å². The summed E-state index contributed by atoms with van der Waals surface area (Å²) in [6.07, 6.45) is 1.23. The molecule has 1 rings (SSSR count). The van der Waals surface area contributed by atoms with Gasteiger partial charge in [0.1, 0.15) is 6.20 Å². The van der Waals surface area contributed by atoms with E-state index in [9.17, 15) is 14.9 Å². The third kappa shape index (κ3) is 2.36. The number of ether oxygens (including phenoxy) is 1. The van der Waals surface area contributed by atoms with E-state index in [1.165, 1.54) is 10.9 Å². The number of rotatable bonds is 4. The van der Waals surface area contributed by atoms with E-state index >= 15 is 0 Å². The van der Waals surface area contributed by atoms with Crippen molar-refractivity contribution in [3.05, 3.63) is 22.0 Å². The van der Waals surface area contributed by atoms with Crippen LogP contribution in [0.3, 0.4) is 0 Å². The largest absolute Gasteiger partial charge is 0.461 e. The van der Waals surface area contributed by atoms with Crippen LogP contribution >= 0.6 is 0 Å². The topological polar surface area (TPSA) is 87.3 Å². The van der Waals surface area contributed by atoms with Gasteiger partial charge in [0.25, 0.3) is 0 Å². The molecule has 0 radical (unpaired) electrons. The lowest BCUT2D eigenvalue weighted by Gasteiger charge is -2.02. The number of hydrogen-bond acceptors (Lipinski definition) is 5. The van der Waals surface area contributed by atoms with Crippen LogP contribution in [0.5, 0.6) is 0 Å². The molecule has 0 amide bonds. The highest BCUT2D eigenvalue weighted by Gasteiger charge is 2.27. The smallest absolute Gasteiger partial charge is 0.366 e. The zero-order valence-corrected chi connectivity index (χ0v) is 9.34. The molecule has 7 heteroatoms. The molecule has 0 aromatic carbocycles. The van der Waals surface area contributed by atoms with Gasteiger partial charge in [0.15, 0.2) is 0 Å². The quantitative estimate of drug-likeness (QED) is 0.442. The molecule has 0 aliphatic rings. The Hall–Kier alpha value is -1.92. The zero-order valence-electron chi connectivity index (χ0n) is 9.34. The van der Waals surface area contributed by atoms with Gasteiger partial charge in [0.05, 0.1) is 11.5 Å². The van der Waals surface area contributed by atoms with Gasteiger partial charge in [-0.15, -0.1) is 0 Å². The van der Waals surface area contributed by atoms with Crippen LogP contribution in [-0.2, 0) is 4.74 Å². The van der Waals surface area contributed by atoms with E-state index in [2.05, 4.69) is 5.10 Å². The van der Waals surface area contributed by atoms with Gasteiger partial charge in [-0.3, -0.25) is 14.8 Å². The van der Waals surface area contributed by atoms with E-state index in [-0.39, 0.29) is 24.0 Å². The number of carbonyl (C=O) groups excluding carboxylic acids is 1. The SMILES string of the molecule is CCOC(=O)c1nn(C(C)C)cc1[N+](=O)[O-]. The Morgan fingerprint density at radius 1 is 1.69 bits per heavy atom. The lowest BCUT2D eigenvalue weighted by Crippen LogP contribution is -2.09. The molecule has 1 aromatic rings. The van der Waals surface area contributed by atoms with Crippen molar-refractivity contribution in [1.82, 2.24) is 9.78 Å². The Bertz CT molecular complexity index is 411. The number of nitro groups is 1. The molecule has 0 saturated carbocycles. The standard InChI is InChI=1S/C9H13N3O4/c1-4-16-9(13)8-7(12(14)15)5-11(10-8)6(2)3/h5-6H,4H2,1-3H3. The second-order valence-electron chi connectivity index (χ2n) is 3.41. The summed E-state index contributed by atoms with van der Waals surface area (Å²) < 4.78 is 6.06. The first kappa shape index (κ1) is 12.2. The second kappa shape index (κ2) is 4.73. The Morgan fingerprint density at radius 3 is 2.75 bits per heavy atom. The van der Waals surface area contributed by atoms with Crippen molar-refractivity contribution in [2.75, 3.05) is 6.61 Å². The van der Waals surface area contributed by atoms with Crippen LogP contribution in [0, 0.1) is 10.1 Å². The van der Waals surface area contributed by atoms with Gasteiger partial charge in [0.2, 0.25) is 5.69 Å². The van der Waals surface area contributed by atoms with Crippen LogP contribution in [0.2, 0.25) is 0 Å². The molecule has 0 N–H and O–H groups in total. The molecule has 0 aliphatic heterocycles. The fourth-order valence-electron chi connectivity index (χ4n) is 1.12. The van der Waals surface area contributed by atoms with E-state index in [4.69, 9.17) is 4.74 Å². The van der Waals surface area contributed by atoms with E-state index in [0.717, 1.165) is 0 Å². The molecule has 0 spiro atoms. The molecule has 0 fully saturated rings. The van der Waals surface area contributed by atoms with Crippen LogP contribution in [-0.4, -0.2) is 27.3 Å². The van der Waals surface area contributed by atoms with Gasteiger partial charge in [-0.2, -0.15) is 5.10 Å². The van der Waals surface area contributed by atoms with Crippen molar-refractivity contribution < 1.29 is 14.5 Å². The Kier molecular flexibility index (Phi) is 3.60. The predicted molar refractivity (Wildman–Crippen MR) is 55.2 cm³/mol. The van der Waals surface area contributed by atoms with Crippen LogP contribution in [0.15, 0.2) is 6.20 Å². The normalized spacial score (nSPS) is 10.5. The first-order valence-electron chi connectivity index (χ1n) is 4.88. The van der Waals surface area contributed by atoms with Gasteiger partial charge in [-0.1, -0.05) is 0 Å². The molecule has 0 bridgehead atoms. The first-order valence-corrected chi connectivity index (χ1v) is 4.88. The molecule has 16 heavy (non-hydrogen) atoms. The fourth-order valence-corrected chi connectivity index (χ4v) is 1.12. The maximum atomic E-state index is 11.4. The van der Waals surface area contributed by atoms with Crippen molar-refractivity contribution >= 4 is 11.7 Å². The lowest BCUT2D eigenvalue weighted by atomic mass is 10.4. The van der Waals surface area contributed by atoms with Crippen molar-refractivity contribution in [2.45, 2.75) is 26.8 Å². The fraction of sp³-hybridized carbons (Fsp3) is 0.556. The molecule has 1 aromatic heterocycles. The second-order valence-corrected chi connectivity index (χ2v) is 3.41. The molecule has 0 atom stereocenters. The third-order valence-corrected chi connectivity index (χ3v) is 1.91. The maximum Gasteiger partial charge on any atom is 0.366 e. The molecular weight excluding hydrogens is 214 g/mol. The highest BCUT2D eigenvalue weighted by Crippen LogP contribution is 2.19. The summed E-state index contributed by atoms with van der Waals surface area (Å²) in [4.78, 5) is 21.5. The Balaban J connectivity index is 3.15. The van der Waals surface area contributed by atoms with Gasteiger partial charge >= 0.3 is 11.7 Å². The number of esters is 1. The zero-order chi connectivity index (χ0) is 12.3. The summed E-state index contributed by atoms with van der Waals surface area (Å²) in [6.45, 7) is 5.41. The lowest BCUT2D eigenvalue weighted by molar-refractivity contribution is -0.385. The summed E-state index contributed by atoms with van der Waals surface area (Å²) >= 11 is 0. The van der Waals surface area contributed by atoms with E-state index in [0.29, 0.717) is 0 Å². The van der Waals surface area contributed by atoms with Crippen molar-refractivity contribution in [2.24, 2.45) is 0 Å². The van der Waals surface area contributed by atoms with Gasteiger partial charge < -0.3 is 4.74 Å². The highest BCUT2D eigenvalue weighted by atomic mass is 16.6. The molecule has 88 valence electrons. The van der Waals surface area contributed by atoms with Crippen LogP contribution in [0.25, 0.3) is 0 Å². The van der Waals surface area contributed by atoms with Crippen molar-refractivity contribution in [3.8, 4) is 0 Å². The average Bonchev–Trinajstić information content (AvgIpc) is 2.62. The summed E-state index contributed by atoms with van der Waals surface area (Å²) in [5.41, 5.74) is -0.576. The average molecular weight is 227 g/mol. The monoisotopic (exact) mass is 227 g/mol. The van der Waals surface area contributed by atoms with Crippen LogP contribution in [0.1, 0.15) is 37.3 Å². The van der Waals surface area contributed by atoms with Crippen molar-refractivity contribution in [1.29, 1.82) is 0 Å². The van der Waals surface area contributed by atoms with Crippen molar-refractivity contribution in [3.63, 3.8) is 0 Å². The third-order valence-electron chi connectivity index (χ3n) is 1.91. The highest BCUT2D eigenvalue weighted by molar-refractivity contribution is 5.91. The summed E-state index contributed by atoms with van der Waals surface area (Å²) in [5, 5.41) is 14.6. The molecule has 1 heterocycles. The number of carbonyl (C=O) groups is 1. The van der Waals surface area contributed by atoms with Gasteiger partial charge in [0, 0.05) is 6.04 Å². The maximum absolute atomic E-state index is 11.4. The molecule has 0 saturated heterocycles. The predicted octanol–water partition coefficient (Wildman–Crippen LogP) is 1.55.